The van der Waals surface area contributed by atoms with E-state index in [1.54, 1.807) is 0 Å². The highest BCUT2D eigenvalue weighted by molar-refractivity contribution is 5.99. The zero-order chi connectivity index (χ0) is 26.6. The fraction of sp³-hybridized carbons (Fsp3) is 0.414. The van der Waals surface area contributed by atoms with Crippen LogP contribution in [0.2, 0.25) is 0 Å². The van der Waals surface area contributed by atoms with Gasteiger partial charge < -0.3 is 29.4 Å². The second-order valence-electron chi connectivity index (χ2n) is 11.3. The van der Waals surface area contributed by atoms with Crippen LogP contribution in [-0.2, 0) is 18.3 Å². The molecule has 9 nitrogen and oxygen atoms in total. The summed E-state index contributed by atoms with van der Waals surface area (Å²) in [5.41, 5.74) is 5.24. The van der Waals surface area contributed by atoms with Crippen molar-refractivity contribution in [3.8, 4) is 11.5 Å². The van der Waals surface area contributed by atoms with Gasteiger partial charge in [-0.05, 0) is 63.9 Å². The van der Waals surface area contributed by atoms with Gasteiger partial charge in [-0.15, -0.1) is 0 Å². The Bertz CT molecular complexity index is 1560. The Morgan fingerprint density at radius 1 is 1.13 bits per heavy atom. The van der Waals surface area contributed by atoms with Crippen LogP contribution in [-0.4, -0.2) is 62.3 Å². The summed E-state index contributed by atoms with van der Waals surface area (Å²) in [7, 11) is 2.02. The van der Waals surface area contributed by atoms with Crippen molar-refractivity contribution in [1.29, 1.82) is 0 Å². The second kappa shape index (κ2) is 9.08. The number of imidazole rings is 1. The predicted octanol–water partition coefficient (Wildman–Crippen LogP) is 4.75. The number of nitrogens with zero attached hydrogens (tertiary/aromatic N) is 4. The van der Waals surface area contributed by atoms with Gasteiger partial charge >= 0.3 is 6.09 Å². The molecule has 4 heterocycles. The minimum atomic E-state index is -0.560. The minimum Gasteiger partial charge on any atom is -0.444 e. The summed E-state index contributed by atoms with van der Waals surface area (Å²) in [5.74, 6) is 0.835. The van der Waals surface area contributed by atoms with E-state index >= 15 is 0 Å². The summed E-state index contributed by atoms with van der Waals surface area (Å²) in [6.45, 7) is 8.38. The summed E-state index contributed by atoms with van der Waals surface area (Å²) in [4.78, 5) is 32.5. The predicted molar refractivity (Wildman–Crippen MR) is 148 cm³/mol. The van der Waals surface area contributed by atoms with Gasteiger partial charge in [0.1, 0.15) is 5.60 Å². The highest BCUT2D eigenvalue weighted by atomic mass is 16.6. The van der Waals surface area contributed by atoms with Crippen LogP contribution >= 0.6 is 0 Å². The van der Waals surface area contributed by atoms with Crippen LogP contribution in [0.5, 0.6) is 0 Å². The summed E-state index contributed by atoms with van der Waals surface area (Å²) >= 11 is 0. The van der Waals surface area contributed by atoms with Gasteiger partial charge in [-0.25, -0.2) is 9.78 Å². The van der Waals surface area contributed by atoms with Crippen LogP contribution < -0.4 is 10.6 Å². The van der Waals surface area contributed by atoms with Gasteiger partial charge in [-0.3, -0.25) is 4.79 Å². The molecule has 0 radical (unpaired) electrons. The zero-order valence-electron chi connectivity index (χ0n) is 22.4. The SMILES string of the molecule is Cn1c(-c2cc3cccc4c3n2CCN4)nc2cc(C(=O)N3CCC[C@@H](NC(=O)OC(C)(C)C)C3)ccc21. The van der Waals surface area contributed by atoms with Crippen molar-refractivity contribution in [3.63, 3.8) is 0 Å². The lowest BCUT2D eigenvalue weighted by molar-refractivity contribution is 0.0452. The van der Waals surface area contributed by atoms with Gasteiger partial charge in [-0.2, -0.15) is 0 Å². The number of benzene rings is 2. The third-order valence-corrected chi connectivity index (χ3v) is 7.36. The lowest BCUT2D eigenvalue weighted by Crippen LogP contribution is -2.50. The molecule has 4 aromatic rings. The number of carbonyl (C=O) groups is 2. The molecule has 0 spiro atoms. The molecule has 6 rings (SSSR count). The quantitative estimate of drug-likeness (QED) is 0.412. The summed E-state index contributed by atoms with van der Waals surface area (Å²) in [6, 6.07) is 14.1. The fourth-order valence-electron chi connectivity index (χ4n) is 5.69. The average Bonchev–Trinajstić information content (AvgIpc) is 3.41. The number of likely N-dealkylation sites (tertiary alicyclic amines) is 1. The molecule has 1 atom stereocenters. The number of para-hydroxylation sites is 1. The first kappa shape index (κ1) is 24.3. The molecule has 0 bridgehead atoms. The number of ether oxygens (including phenoxy) is 1. The fourth-order valence-corrected chi connectivity index (χ4v) is 5.69. The van der Waals surface area contributed by atoms with Crippen molar-refractivity contribution in [2.75, 3.05) is 25.0 Å². The molecule has 1 fully saturated rings. The van der Waals surface area contributed by atoms with Crippen LogP contribution in [0.15, 0.2) is 42.5 Å². The van der Waals surface area contributed by atoms with Gasteiger partial charge in [-0.1, -0.05) is 12.1 Å². The Labute approximate surface area is 221 Å². The number of piperidine rings is 1. The van der Waals surface area contributed by atoms with Crippen molar-refractivity contribution >= 4 is 39.6 Å². The number of hydrogen-bond acceptors (Lipinski definition) is 5. The molecule has 0 aliphatic carbocycles. The van der Waals surface area contributed by atoms with E-state index in [4.69, 9.17) is 9.72 Å². The Morgan fingerprint density at radius 2 is 1.97 bits per heavy atom. The maximum Gasteiger partial charge on any atom is 0.407 e. The molecule has 2 N–H and O–H groups in total. The number of alkyl carbamates (subject to hydrolysis) is 1. The van der Waals surface area contributed by atoms with E-state index in [9.17, 15) is 9.59 Å². The van der Waals surface area contributed by atoms with Crippen LogP contribution in [0.3, 0.4) is 0 Å². The van der Waals surface area contributed by atoms with E-state index < -0.39 is 11.7 Å². The Balaban J connectivity index is 1.26. The largest absolute Gasteiger partial charge is 0.444 e. The number of nitrogens with one attached hydrogen (secondary N) is 2. The van der Waals surface area contributed by atoms with Crippen molar-refractivity contribution in [3.05, 3.63) is 48.0 Å². The van der Waals surface area contributed by atoms with Crippen molar-refractivity contribution in [2.24, 2.45) is 7.05 Å². The van der Waals surface area contributed by atoms with Crippen molar-refractivity contribution in [1.82, 2.24) is 24.3 Å². The molecule has 9 heteroatoms. The number of amides is 2. The van der Waals surface area contributed by atoms with Gasteiger partial charge in [0.2, 0.25) is 0 Å². The second-order valence-corrected chi connectivity index (χ2v) is 11.3. The maximum absolute atomic E-state index is 13.5. The van der Waals surface area contributed by atoms with E-state index in [0.29, 0.717) is 18.7 Å². The summed E-state index contributed by atoms with van der Waals surface area (Å²) in [5, 5.41) is 7.60. The molecule has 1 saturated heterocycles. The molecule has 2 amide bonds. The lowest BCUT2D eigenvalue weighted by atomic mass is 10.0. The third kappa shape index (κ3) is 4.36. The lowest BCUT2D eigenvalue weighted by Gasteiger charge is -2.33. The summed E-state index contributed by atoms with van der Waals surface area (Å²) < 4.78 is 9.83. The van der Waals surface area contributed by atoms with Gasteiger partial charge in [0.15, 0.2) is 5.82 Å². The first-order valence-electron chi connectivity index (χ1n) is 13.3. The maximum atomic E-state index is 13.5. The molecule has 2 aliphatic heterocycles. The van der Waals surface area contributed by atoms with Crippen LogP contribution in [0.25, 0.3) is 33.5 Å². The molecule has 2 aromatic carbocycles. The highest BCUT2D eigenvalue weighted by Gasteiger charge is 2.28. The van der Waals surface area contributed by atoms with E-state index in [-0.39, 0.29) is 11.9 Å². The molecule has 2 aliphatic rings. The van der Waals surface area contributed by atoms with Gasteiger partial charge in [0.05, 0.1) is 27.9 Å². The van der Waals surface area contributed by atoms with Crippen LogP contribution in [0.1, 0.15) is 44.0 Å². The normalized spacial score (nSPS) is 17.5. The molecule has 2 aromatic heterocycles. The van der Waals surface area contributed by atoms with E-state index in [1.165, 1.54) is 10.9 Å². The molecule has 0 unspecified atom stereocenters. The Kier molecular flexibility index (Phi) is 5.81. The zero-order valence-corrected chi connectivity index (χ0v) is 22.4. The standard InChI is InChI=1S/C29H34N6O3/c1-29(2,3)38-28(37)31-20-8-6-13-34(17-20)27(36)19-10-11-23-22(15-19)32-26(33(23)4)24-16-18-7-5-9-21-25(18)35(24)14-12-30-21/h5,7,9-11,15-16,20,30H,6,8,12-14,17H2,1-4H3,(H,31,37)/t20-/m1/s1. The van der Waals surface area contributed by atoms with Gasteiger partial charge in [0.25, 0.3) is 5.91 Å². The number of hydrogen-bond donors (Lipinski definition) is 2. The van der Waals surface area contributed by atoms with E-state index in [1.807, 2.05) is 50.9 Å². The summed E-state index contributed by atoms with van der Waals surface area (Å²) in [6.07, 6.45) is 1.19. The number of fused-ring (bicyclic) bond motifs is 1. The first-order valence-corrected chi connectivity index (χ1v) is 13.3. The molecule has 198 valence electrons. The number of anilines is 1. The molecular weight excluding hydrogens is 480 g/mol. The minimum absolute atomic E-state index is 0.0472. The van der Waals surface area contributed by atoms with Crippen molar-refractivity contribution in [2.45, 2.75) is 51.8 Å². The number of aryl methyl sites for hydroxylation is 1. The Morgan fingerprint density at radius 3 is 2.79 bits per heavy atom. The monoisotopic (exact) mass is 514 g/mol. The molecular formula is C29H34N6O3. The van der Waals surface area contributed by atoms with Crippen molar-refractivity contribution < 1.29 is 14.3 Å². The number of carbonyl (C=O) groups excluding carboxylic acids is 2. The highest BCUT2D eigenvalue weighted by Crippen LogP contribution is 2.35. The van der Waals surface area contributed by atoms with E-state index in [2.05, 4.69) is 44.0 Å². The molecule has 38 heavy (non-hydrogen) atoms. The number of aromatic nitrogens is 3. The third-order valence-electron chi connectivity index (χ3n) is 7.36. The smallest absolute Gasteiger partial charge is 0.407 e. The van der Waals surface area contributed by atoms with Crippen LogP contribution in [0, 0.1) is 0 Å². The van der Waals surface area contributed by atoms with E-state index in [0.717, 1.165) is 54.2 Å². The van der Waals surface area contributed by atoms with Gasteiger partial charge in [0, 0.05) is 50.2 Å². The topological polar surface area (TPSA) is 93.4 Å². The molecule has 0 saturated carbocycles. The first-order chi connectivity index (χ1) is 18.2. The van der Waals surface area contributed by atoms with Crippen LogP contribution in [0.4, 0.5) is 10.5 Å². The average molecular weight is 515 g/mol. The Hall–Kier alpha value is -4.01. The number of rotatable bonds is 3.